The molecule has 1 saturated heterocycles. The number of likely N-dealkylation sites (tertiary alicyclic amines) is 1. The van der Waals surface area contributed by atoms with Crippen LogP contribution in [-0.2, 0) is 20.1 Å². The molecule has 1 aromatic carbocycles. The highest BCUT2D eigenvalue weighted by molar-refractivity contribution is 7.98. The lowest BCUT2D eigenvalue weighted by Gasteiger charge is -2.26. The maximum Gasteiger partial charge on any atom is 0.417 e. The van der Waals surface area contributed by atoms with E-state index in [1.807, 2.05) is 18.2 Å². The highest BCUT2D eigenvalue weighted by Gasteiger charge is 2.42. The van der Waals surface area contributed by atoms with Gasteiger partial charge < -0.3 is 15.3 Å². The maximum atomic E-state index is 12.7. The number of anilines is 1. The molecule has 0 radical (unpaired) electrons. The Balaban J connectivity index is 1.60. The van der Waals surface area contributed by atoms with Gasteiger partial charge in [0, 0.05) is 30.0 Å². The molecule has 164 valence electrons. The van der Waals surface area contributed by atoms with Gasteiger partial charge in [-0.25, -0.2) is 9.69 Å². The monoisotopic (exact) mass is 443 g/mol. The van der Waals surface area contributed by atoms with Crippen molar-refractivity contribution in [1.82, 2.24) is 4.90 Å². The van der Waals surface area contributed by atoms with Crippen molar-refractivity contribution >= 4 is 35.4 Å². The average Bonchev–Trinajstić information content (AvgIpc) is 3.09. The Labute approximate surface area is 185 Å². The Kier molecular flexibility index (Phi) is 6.84. The van der Waals surface area contributed by atoms with Crippen molar-refractivity contribution in [2.45, 2.75) is 56.0 Å². The number of pyridine rings is 1. The Hall–Kier alpha value is -3.07. The van der Waals surface area contributed by atoms with Gasteiger partial charge in [-0.15, -0.1) is 0 Å². The predicted octanol–water partition coefficient (Wildman–Crippen LogP) is 3.48. The van der Waals surface area contributed by atoms with E-state index in [9.17, 15) is 19.6 Å². The summed E-state index contributed by atoms with van der Waals surface area (Å²) in [5.41, 5.74) is 0.777. The largest absolute Gasteiger partial charge is 0.618 e. The summed E-state index contributed by atoms with van der Waals surface area (Å²) < 4.78 is 6.09. The number of rotatable bonds is 5. The number of carbonyl (C=O) groups excluding carboxylic acids is 3. The van der Waals surface area contributed by atoms with Crippen molar-refractivity contribution in [2.24, 2.45) is 0 Å². The van der Waals surface area contributed by atoms with Gasteiger partial charge in [-0.2, -0.15) is 4.73 Å². The summed E-state index contributed by atoms with van der Waals surface area (Å²) in [5.74, 6) is -0.252. The van der Waals surface area contributed by atoms with Gasteiger partial charge in [0.05, 0.1) is 0 Å². The minimum absolute atomic E-state index is 0.118. The second kappa shape index (κ2) is 9.38. The molecular formula is C22H25N3O5S. The van der Waals surface area contributed by atoms with Gasteiger partial charge in [-0.05, 0) is 51.0 Å². The molecular weight excluding hydrogens is 418 g/mol. The molecule has 1 aromatic heterocycles. The lowest BCUT2D eigenvalue weighted by atomic mass is 10.2. The van der Waals surface area contributed by atoms with Gasteiger partial charge in [0.2, 0.25) is 11.8 Å². The molecule has 2 aromatic rings. The molecule has 9 heteroatoms. The van der Waals surface area contributed by atoms with Crippen molar-refractivity contribution in [3.8, 4) is 0 Å². The fourth-order valence-corrected chi connectivity index (χ4v) is 3.93. The molecule has 1 unspecified atom stereocenters. The van der Waals surface area contributed by atoms with Crippen LogP contribution >= 0.6 is 11.8 Å². The SMILES string of the molecule is CC(C)(C)OC(=O)N1C(=O)CCC1C(=O)Nc1ccc(CSc2cccc[n+]2[O-])cc1. The first kappa shape index (κ1) is 22.6. The number of benzene rings is 1. The third-order valence-electron chi connectivity index (χ3n) is 4.50. The summed E-state index contributed by atoms with van der Waals surface area (Å²) in [4.78, 5) is 38.1. The van der Waals surface area contributed by atoms with Crippen LogP contribution in [0.1, 0.15) is 39.2 Å². The molecule has 3 rings (SSSR count). The lowest BCUT2D eigenvalue weighted by Crippen LogP contribution is -2.47. The van der Waals surface area contributed by atoms with E-state index in [2.05, 4.69) is 5.32 Å². The third kappa shape index (κ3) is 5.97. The van der Waals surface area contributed by atoms with Crippen LogP contribution in [0.15, 0.2) is 53.7 Å². The molecule has 8 nitrogen and oxygen atoms in total. The summed E-state index contributed by atoms with van der Waals surface area (Å²) in [6.45, 7) is 5.11. The Morgan fingerprint density at radius 2 is 1.94 bits per heavy atom. The average molecular weight is 444 g/mol. The Morgan fingerprint density at radius 1 is 1.23 bits per heavy atom. The summed E-state index contributed by atoms with van der Waals surface area (Å²) >= 11 is 1.42. The van der Waals surface area contributed by atoms with E-state index >= 15 is 0 Å². The van der Waals surface area contributed by atoms with E-state index in [1.54, 1.807) is 45.0 Å². The van der Waals surface area contributed by atoms with Crippen LogP contribution in [0.3, 0.4) is 0 Å². The van der Waals surface area contributed by atoms with Gasteiger partial charge in [0.25, 0.3) is 5.03 Å². The van der Waals surface area contributed by atoms with Crippen LogP contribution in [0.5, 0.6) is 0 Å². The molecule has 1 aliphatic rings. The molecule has 1 atom stereocenters. The number of imide groups is 1. The van der Waals surface area contributed by atoms with Crippen molar-refractivity contribution in [3.63, 3.8) is 0 Å². The first-order valence-electron chi connectivity index (χ1n) is 9.90. The molecule has 0 bridgehead atoms. The van der Waals surface area contributed by atoms with Crippen molar-refractivity contribution < 1.29 is 23.9 Å². The first-order valence-corrected chi connectivity index (χ1v) is 10.9. The number of nitrogens with zero attached hydrogens (tertiary/aromatic N) is 2. The zero-order valence-electron chi connectivity index (χ0n) is 17.7. The molecule has 0 aliphatic carbocycles. The molecule has 0 saturated carbocycles. The molecule has 1 fully saturated rings. The smallest absolute Gasteiger partial charge is 0.417 e. The van der Waals surface area contributed by atoms with Crippen LogP contribution in [0, 0.1) is 5.21 Å². The zero-order chi connectivity index (χ0) is 22.6. The van der Waals surface area contributed by atoms with Crippen LogP contribution in [0.25, 0.3) is 0 Å². The second-order valence-corrected chi connectivity index (χ2v) is 9.13. The molecule has 2 heterocycles. The molecule has 3 amide bonds. The van der Waals surface area contributed by atoms with Crippen LogP contribution < -0.4 is 10.0 Å². The van der Waals surface area contributed by atoms with E-state index in [0.29, 0.717) is 16.5 Å². The molecule has 1 N–H and O–H groups in total. The Bertz CT molecular complexity index is 972. The van der Waals surface area contributed by atoms with Gasteiger partial charge in [0.15, 0.2) is 6.20 Å². The van der Waals surface area contributed by atoms with Gasteiger partial charge in [0.1, 0.15) is 11.6 Å². The predicted molar refractivity (Wildman–Crippen MR) is 116 cm³/mol. The van der Waals surface area contributed by atoms with Crippen molar-refractivity contribution in [1.29, 1.82) is 0 Å². The van der Waals surface area contributed by atoms with Crippen LogP contribution in [0.2, 0.25) is 0 Å². The standard InChI is InChI=1S/C22H25N3O5S/c1-22(2,3)30-21(28)25-17(11-12-18(25)26)20(27)23-16-9-7-15(8-10-16)14-31-19-6-4-5-13-24(19)29/h4-10,13,17H,11-12,14H2,1-3H3,(H,23,27). The third-order valence-corrected chi connectivity index (χ3v) is 5.59. The van der Waals surface area contributed by atoms with Gasteiger partial charge >= 0.3 is 6.09 Å². The van der Waals surface area contributed by atoms with Crippen LogP contribution in [0.4, 0.5) is 10.5 Å². The highest BCUT2D eigenvalue weighted by atomic mass is 32.2. The normalized spacial score (nSPS) is 16.3. The summed E-state index contributed by atoms with van der Waals surface area (Å²) in [6, 6.07) is 11.5. The fourth-order valence-electron chi connectivity index (χ4n) is 3.06. The summed E-state index contributed by atoms with van der Waals surface area (Å²) in [5, 5.41) is 15.1. The maximum absolute atomic E-state index is 12.7. The van der Waals surface area contributed by atoms with E-state index in [1.165, 1.54) is 18.0 Å². The van der Waals surface area contributed by atoms with Gasteiger partial charge in [-0.3, -0.25) is 9.59 Å². The number of ether oxygens (including phenoxy) is 1. The summed E-state index contributed by atoms with van der Waals surface area (Å²) in [6.07, 6.45) is 1.02. The number of aromatic nitrogens is 1. The van der Waals surface area contributed by atoms with E-state index < -0.39 is 29.6 Å². The van der Waals surface area contributed by atoms with E-state index in [0.717, 1.165) is 15.2 Å². The second-order valence-electron chi connectivity index (χ2n) is 8.14. The number of nitrogens with one attached hydrogen (secondary N) is 1. The summed E-state index contributed by atoms with van der Waals surface area (Å²) in [7, 11) is 0. The quantitative estimate of drug-likeness (QED) is 0.431. The van der Waals surface area contributed by atoms with Crippen LogP contribution in [-0.4, -0.2) is 34.5 Å². The first-order chi connectivity index (χ1) is 14.6. The zero-order valence-corrected chi connectivity index (χ0v) is 18.5. The number of carbonyl (C=O) groups is 3. The van der Waals surface area contributed by atoms with Crippen molar-refractivity contribution in [2.75, 3.05) is 5.32 Å². The minimum atomic E-state index is -0.900. The fraction of sp³-hybridized carbons (Fsp3) is 0.364. The van der Waals surface area contributed by atoms with E-state index in [4.69, 9.17) is 4.74 Å². The number of hydrogen-bond acceptors (Lipinski definition) is 6. The number of thioether (sulfide) groups is 1. The topological polar surface area (TPSA) is 103 Å². The number of amides is 3. The van der Waals surface area contributed by atoms with Crippen molar-refractivity contribution in [3.05, 3.63) is 59.4 Å². The molecule has 1 aliphatic heterocycles. The van der Waals surface area contributed by atoms with Gasteiger partial charge in [-0.1, -0.05) is 23.9 Å². The molecule has 31 heavy (non-hydrogen) atoms. The molecule has 0 spiro atoms. The highest BCUT2D eigenvalue weighted by Crippen LogP contribution is 2.24. The number of hydrogen-bond donors (Lipinski definition) is 1. The minimum Gasteiger partial charge on any atom is -0.618 e. The van der Waals surface area contributed by atoms with E-state index in [-0.39, 0.29) is 12.8 Å². The lowest BCUT2D eigenvalue weighted by molar-refractivity contribution is -0.645. The Morgan fingerprint density at radius 3 is 2.58 bits per heavy atom.